The summed E-state index contributed by atoms with van der Waals surface area (Å²) in [5, 5.41) is 4.94. The molecule has 1 unspecified atom stereocenters. The lowest BCUT2D eigenvalue weighted by molar-refractivity contribution is -0.129. The first-order valence-corrected chi connectivity index (χ1v) is 10.5. The van der Waals surface area contributed by atoms with Crippen LogP contribution in [0.5, 0.6) is 0 Å². The number of thiophene rings is 1. The van der Waals surface area contributed by atoms with E-state index >= 15 is 0 Å². The number of benzene rings is 2. The minimum Gasteiger partial charge on any atom is -0.326 e. The number of carbonyl (C=O) groups is 2. The molecule has 148 valence electrons. The van der Waals surface area contributed by atoms with Crippen molar-refractivity contribution >= 4 is 34.9 Å². The van der Waals surface area contributed by atoms with Gasteiger partial charge in [0.1, 0.15) is 0 Å². The Morgan fingerprint density at radius 3 is 2.73 bits per heavy atom. The minimum absolute atomic E-state index is 0.0931. The molecule has 30 heavy (non-hydrogen) atoms. The Hall–Kier alpha value is -3.62. The van der Waals surface area contributed by atoms with Crippen LogP contribution in [0.1, 0.15) is 41.0 Å². The van der Waals surface area contributed by atoms with E-state index in [0.29, 0.717) is 5.69 Å². The van der Waals surface area contributed by atoms with E-state index in [1.54, 1.807) is 22.4 Å². The molecule has 1 atom stereocenters. The molecular weight excluding hydrogens is 392 g/mol. The van der Waals surface area contributed by atoms with Gasteiger partial charge in [0.15, 0.2) is 0 Å². The van der Waals surface area contributed by atoms with Gasteiger partial charge in [0.25, 0.3) is 0 Å². The summed E-state index contributed by atoms with van der Waals surface area (Å²) in [5.74, 6) is 6.00. The summed E-state index contributed by atoms with van der Waals surface area (Å²) in [5.41, 5.74) is 3.52. The molecule has 2 heterocycles. The van der Waals surface area contributed by atoms with E-state index in [0.717, 1.165) is 21.6 Å². The van der Waals surface area contributed by atoms with Gasteiger partial charge in [-0.25, -0.2) is 0 Å². The monoisotopic (exact) mass is 412 g/mol. The molecule has 1 aliphatic rings. The van der Waals surface area contributed by atoms with E-state index in [-0.39, 0.29) is 24.3 Å². The van der Waals surface area contributed by atoms with Crippen molar-refractivity contribution in [1.29, 1.82) is 0 Å². The number of carbonyl (C=O) groups excluding carboxylic acids is 2. The van der Waals surface area contributed by atoms with Gasteiger partial charge in [-0.15, -0.1) is 11.3 Å². The summed E-state index contributed by atoms with van der Waals surface area (Å²) in [4.78, 5) is 27.5. The van der Waals surface area contributed by atoms with Crippen LogP contribution in [0.4, 0.5) is 5.69 Å². The summed E-state index contributed by atoms with van der Waals surface area (Å²) < 4.78 is 0. The fourth-order valence-corrected chi connectivity index (χ4v) is 4.03. The fourth-order valence-electron chi connectivity index (χ4n) is 3.46. The van der Waals surface area contributed by atoms with Crippen LogP contribution >= 0.6 is 11.3 Å². The first-order chi connectivity index (χ1) is 14.6. The summed E-state index contributed by atoms with van der Waals surface area (Å²) in [6.45, 7) is 1.51. The van der Waals surface area contributed by atoms with Gasteiger partial charge < -0.3 is 10.2 Å². The molecule has 0 spiro atoms. The van der Waals surface area contributed by atoms with Crippen LogP contribution in [-0.4, -0.2) is 16.7 Å². The third-order valence-electron chi connectivity index (χ3n) is 4.85. The van der Waals surface area contributed by atoms with Gasteiger partial charge >= 0.3 is 0 Å². The molecule has 0 fully saturated rings. The average Bonchev–Trinajstić information content (AvgIpc) is 3.26. The topological polar surface area (TPSA) is 49.4 Å². The minimum atomic E-state index is -0.328. The van der Waals surface area contributed by atoms with Crippen molar-refractivity contribution in [2.75, 3.05) is 5.32 Å². The van der Waals surface area contributed by atoms with Gasteiger partial charge in [-0.05, 0) is 46.8 Å². The Kier molecular flexibility index (Phi) is 5.78. The fraction of sp³-hybridized carbons (Fsp3) is 0.120. The average molecular weight is 413 g/mol. The Bertz CT molecular complexity index is 1170. The van der Waals surface area contributed by atoms with Crippen molar-refractivity contribution in [3.05, 3.63) is 93.8 Å². The SMILES string of the molecule is CC(=O)N1C=Cc2ccccc2C1CC(=O)Nc1cccc(C#Cc2cccs2)c1. The van der Waals surface area contributed by atoms with Gasteiger partial charge in [0.05, 0.1) is 17.3 Å². The molecule has 1 aromatic heterocycles. The maximum absolute atomic E-state index is 12.8. The normalized spacial score (nSPS) is 14.4. The van der Waals surface area contributed by atoms with Crippen molar-refractivity contribution in [2.45, 2.75) is 19.4 Å². The van der Waals surface area contributed by atoms with Gasteiger partial charge in [-0.3, -0.25) is 9.59 Å². The molecule has 4 rings (SSSR count). The second-order valence-corrected chi connectivity index (χ2v) is 7.89. The molecule has 1 aliphatic heterocycles. The van der Waals surface area contributed by atoms with Gasteiger partial charge in [0, 0.05) is 24.4 Å². The Morgan fingerprint density at radius 1 is 1.07 bits per heavy atom. The highest BCUT2D eigenvalue weighted by Gasteiger charge is 2.28. The molecular formula is C25H20N2O2S. The van der Waals surface area contributed by atoms with Crippen LogP contribution in [0.25, 0.3) is 6.08 Å². The van der Waals surface area contributed by atoms with Crippen molar-refractivity contribution in [2.24, 2.45) is 0 Å². The van der Waals surface area contributed by atoms with Crippen LogP contribution in [0.2, 0.25) is 0 Å². The van der Waals surface area contributed by atoms with E-state index in [1.807, 2.05) is 72.1 Å². The lowest BCUT2D eigenvalue weighted by atomic mass is 9.93. The second-order valence-electron chi connectivity index (χ2n) is 6.95. The Labute approximate surface area is 179 Å². The highest BCUT2D eigenvalue weighted by Crippen LogP contribution is 2.33. The molecule has 3 aromatic rings. The third kappa shape index (κ3) is 4.51. The lowest BCUT2D eigenvalue weighted by Gasteiger charge is -2.32. The smallest absolute Gasteiger partial charge is 0.226 e. The van der Waals surface area contributed by atoms with Gasteiger partial charge in [-0.2, -0.15) is 0 Å². The predicted molar refractivity (Wildman–Crippen MR) is 121 cm³/mol. The van der Waals surface area contributed by atoms with E-state index in [2.05, 4.69) is 17.2 Å². The second kappa shape index (κ2) is 8.81. The number of fused-ring (bicyclic) bond motifs is 1. The molecule has 2 aromatic carbocycles. The zero-order valence-electron chi connectivity index (χ0n) is 16.5. The Balaban J connectivity index is 1.50. The number of rotatable bonds is 3. The maximum atomic E-state index is 12.8. The summed E-state index contributed by atoms with van der Waals surface area (Å²) in [7, 11) is 0. The zero-order chi connectivity index (χ0) is 20.9. The van der Waals surface area contributed by atoms with E-state index < -0.39 is 0 Å². The number of amides is 2. The quantitative estimate of drug-likeness (QED) is 0.612. The summed E-state index contributed by atoms with van der Waals surface area (Å²) in [6.07, 6.45) is 3.83. The van der Waals surface area contributed by atoms with E-state index in [4.69, 9.17) is 0 Å². The molecule has 4 nitrogen and oxygen atoms in total. The largest absolute Gasteiger partial charge is 0.326 e. The first kappa shape index (κ1) is 19.7. The van der Waals surface area contributed by atoms with Gasteiger partial charge in [-0.1, -0.05) is 48.2 Å². The number of anilines is 1. The van der Waals surface area contributed by atoms with Crippen LogP contribution in [0, 0.1) is 11.8 Å². The van der Waals surface area contributed by atoms with Crippen molar-refractivity contribution in [3.8, 4) is 11.8 Å². The Morgan fingerprint density at radius 2 is 1.93 bits per heavy atom. The van der Waals surface area contributed by atoms with Crippen molar-refractivity contribution in [3.63, 3.8) is 0 Å². The molecule has 0 saturated carbocycles. The standard InChI is InChI=1S/C25H20N2O2S/c1-18(28)27-14-13-20-7-2-3-10-23(20)24(27)17-25(29)26-21-8-4-6-19(16-21)11-12-22-9-5-15-30-22/h2-10,13-16,24H,17H2,1H3,(H,26,29). The first-order valence-electron chi connectivity index (χ1n) is 9.61. The molecule has 0 radical (unpaired) electrons. The summed E-state index contributed by atoms with van der Waals surface area (Å²) >= 11 is 1.59. The van der Waals surface area contributed by atoms with Crippen LogP contribution < -0.4 is 5.32 Å². The lowest BCUT2D eigenvalue weighted by Crippen LogP contribution is -2.33. The van der Waals surface area contributed by atoms with Crippen molar-refractivity contribution in [1.82, 2.24) is 4.90 Å². The molecule has 0 bridgehead atoms. The van der Waals surface area contributed by atoms with E-state index in [1.165, 1.54) is 6.92 Å². The van der Waals surface area contributed by atoms with Crippen molar-refractivity contribution < 1.29 is 9.59 Å². The summed E-state index contributed by atoms with van der Waals surface area (Å²) in [6, 6.07) is 18.9. The number of hydrogen-bond acceptors (Lipinski definition) is 3. The van der Waals surface area contributed by atoms with Gasteiger partial charge in [0.2, 0.25) is 11.8 Å². The number of nitrogens with one attached hydrogen (secondary N) is 1. The van der Waals surface area contributed by atoms with Crippen LogP contribution in [-0.2, 0) is 9.59 Å². The molecule has 2 amide bonds. The predicted octanol–water partition coefficient (Wildman–Crippen LogP) is 5.05. The zero-order valence-corrected chi connectivity index (χ0v) is 17.3. The highest BCUT2D eigenvalue weighted by atomic mass is 32.1. The van der Waals surface area contributed by atoms with Crippen LogP contribution in [0.15, 0.2) is 72.2 Å². The number of nitrogens with zero attached hydrogens (tertiary/aromatic N) is 1. The van der Waals surface area contributed by atoms with Crippen LogP contribution in [0.3, 0.4) is 0 Å². The molecule has 5 heteroatoms. The number of hydrogen-bond donors (Lipinski definition) is 1. The molecule has 1 N–H and O–H groups in total. The highest BCUT2D eigenvalue weighted by molar-refractivity contribution is 7.10. The third-order valence-corrected chi connectivity index (χ3v) is 5.63. The molecule has 0 aliphatic carbocycles. The molecule has 0 saturated heterocycles. The maximum Gasteiger partial charge on any atom is 0.226 e. The van der Waals surface area contributed by atoms with E-state index in [9.17, 15) is 9.59 Å².